The molecule has 0 fully saturated rings. The largest absolute Gasteiger partial charge is 0.443 e. The number of ether oxygens (including phenoxy) is 3. The molecule has 0 aliphatic rings. The molecule has 136 valence electrons. The average Bonchev–Trinajstić information content (AvgIpc) is 2.53. The van der Waals surface area contributed by atoms with E-state index in [0.717, 1.165) is 30.4 Å². The van der Waals surface area contributed by atoms with Crippen molar-refractivity contribution in [1.29, 1.82) is 0 Å². The quantitative estimate of drug-likeness (QED) is 0.645. The first-order valence-corrected chi connectivity index (χ1v) is 8.62. The van der Waals surface area contributed by atoms with Crippen LogP contribution in [0.25, 0.3) is 0 Å². The number of nitrogens with one attached hydrogen (secondary N) is 1. The van der Waals surface area contributed by atoms with E-state index in [1.165, 1.54) is 0 Å². The zero-order valence-corrected chi connectivity index (χ0v) is 15.5. The Morgan fingerprint density at radius 3 is 2.54 bits per heavy atom. The van der Waals surface area contributed by atoms with Crippen molar-refractivity contribution in [2.24, 2.45) is 0 Å². The number of unbranched alkanes of at least 4 members (excludes halogenated alkanes) is 1. The van der Waals surface area contributed by atoms with Crippen LogP contribution in [0.1, 0.15) is 57.3 Å². The molecule has 0 aliphatic carbocycles. The lowest BCUT2D eigenvalue weighted by atomic mass is 9.96. The number of benzene rings is 1. The van der Waals surface area contributed by atoms with Crippen molar-refractivity contribution in [1.82, 2.24) is 5.32 Å². The van der Waals surface area contributed by atoms with Crippen LogP contribution in [-0.4, -0.2) is 32.1 Å². The van der Waals surface area contributed by atoms with E-state index in [9.17, 15) is 4.79 Å². The van der Waals surface area contributed by atoms with Crippen LogP contribution >= 0.6 is 0 Å². The van der Waals surface area contributed by atoms with Gasteiger partial charge in [0.1, 0.15) is 19.0 Å². The predicted octanol–water partition coefficient (Wildman–Crippen LogP) is 4.35. The van der Waals surface area contributed by atoms with E-state index in [1.54, 1.807) is 7.11 Å². The van der Waals surface area contributed by atoms with Gasteiger partial charge in [-0.2, -0.15) is 0 Å². The van der Waals surface area contributed by atoms with E-state index in [-0.39, 0.29) is 25.0 Å². The molecule has 2 unspecified atom stereocenters. The van der Waals surface area contributed by atoms with Crippen molar-refractivity contribution in [3.8, 4) is 0 Å². The number of aryl methyl sites for hydroxylation is 1. The fourth-order valence-corrected chi connectivity index (χ4v) is 2.53. The minimum atomic E-state index is -0.411. The maximum atomic E-state index is 12.1. The summed E-state index contributed by atoms with van der Waals surface area (Å²) in [4.78, 5) is 12.1. The van der Waals surface area contributed by atoms with Gasteiger partial charge in [0.05, 0.1) is 0 Å². The third kappa shape index (κ3) is 6.89. The Bertz CT molecular complexity index is 490. The van der Waals surface area contributed by atoms with E-state index < -0.39 is 6.09 Å². The first kappa shape index (κ1) is 20.5. The van der Waals surface area contributed by atoms with Gasteiger partial charge in [-0.1, -0.05) is 37.6 Å². The molecule has 0 saturated heterocycles. The van der Waals surface area contributed by atoms with Crippen molar-refractivity contribution in [2.45, 2.75) is 65.2 Å². The van der Waals surface area contributed by atoms with Crippen molar-refractivity contribution in [3.05, 3.63) is 35.4 Å². The molecule has 24 heavy (non-hydrogen) atoms. The van der Waals surface area contributed by atoms with Crippen LogP contribution in [0.5, 0.6) is 0 Å². The van der Waals surface area contributed by atoms with Crippen LogP contribution in [0, 0.1) is 6.92 Å². The summed E-state index contributed by atoms with van der Waals surface area (Å²) in [6, 6.07) is 8.03. The summed E-state index contributed by atoms with van der Waals surface area (Å²) in [6.45, 7) is 8.11. The Hall–Kier alpha value is -1.59. The van der Waals surface area contributed by atoms with Gasteiger partial charge in [-0.05, 0) is 44.7 Å². The highest BCUT2D eigenvalue weighted by atomic mass is 16.7. The van der Waals surface area contributed by atoms with E-state index in [1.807, 2.05) is 45.0 Å². The highest BCUT2D eigenvalue weighted by Crippen LogP contribution is 2.29. The molecule has 0 bridgehead atoms. The first-order chi connectivity index (χ1) is 11.5. The summed E-state index contributed by atoms with van der Waals surface area (Å²) in [5, 5.41) is 2.78. The molecule has 5 heteroatoms. The topological polar surface area (TPSA) is 56.8 Å². The Labute approximate surface area is 145 Å². The standard InChI is InChI=1S/C19H31NO4/c1-6-7-12-17(24-19(21)20-14(2)3)18(23-13-22-5)16-11-9-8-10-15(16)4/h8-11,14,17-18H,6-7,12-13H2,1-5H3,(H,20,21). The van der Waals surface area contributed by atoms with E-state index in [4.69, 9.17) is 14.2 Å². The number of hydrogen-bond donors (Lipinski definition) is 1. The summed E-state index contributed by atoms with van der Waals surface area (Å²) in [5.74, 6) is 0. The molecule has 1 N–H and O–H groups in total. The van der Waals surface area contributed by atoms with Gasteiger partial charge in [0, 0.05) is 13.2 Å². The molecule has 0 aromatic heterocycles. The van der Waals surface area contributed by atoms with E-state index in [0.29, 0.717) is 0 Å². The van der Waals surface area contributed by atoms with Crippen molar-refractivity contribution >= 4 is 6.09 Å². The van der Waals surface area contributed by atoms with E-state index in [2.05, 4.69) is 12.2 Å². The maximum Gasteiger partial charge on any atom is 0.407 e. The van der Waals surface area contributed by atoms with Crippen molar-refractivity contribution in [2.75, 3.05) is 13.9 Å². The van der Waals surface area contributed by atoms with Gasteiger partial charge in [-0.3, -0.25) is 0 Å². The molecular formula is C19H31NO4. The SMILES string of the molecule is CCCCC(OC(=O)NC(C)C)C(OCOC)c1ccccc1C. The molecular weight excluding hydrogens is 306 g/mol. The Balaban J connectivity index is 3.00. The maximum absolute atomic E-state index is 12.1. The summed E-state index contributed by atoms with van der Waals surface area (Å²) in [5.41, 5.74) is 2.13. The molecule has 1 aromatic rings. The molecule has 0 radical (unpaired) electrons. The molecule has 0 aliphatic heterocycles. The summed E-state index contributed by atoms with van der Waals surface area (Å²) in [6.07, 6.45) is 1.60. The zero-order valence-electron chi connectivity index (χ0n) is 15.5. The van der Waals surface area contributed by atoms with Crippen molar-refractivity contribution < 1.29 is 19.0 Å². The number of amides is 1. The van der Waals surface area contributed by atoms with Gasteiger partial charge in [-0.15, -0.1) is 0 Å². The van der Waals surface area contributed by atoms with Gasteiger partial charge in [0.25, 0.3) is 0 Å². The third-order valence-electron chi connectivity index (χ3n) is 3.71. The fourth-order valence-electron chi connectivity index (χ4n) is 2.53. The molecule has 5 nitrogen and oxygen atoms in total. The van der Waals surface area contributed by atoms with Gasteiger partial charge < -0.3 is 19.5 Å². The van der Waals surface area contributed by atoms with Crippen LogP contribution in [0.3, 0.4) is 0 Å². The van der Waals surface area contributed by atoms with Crippen LogP contribution in [-0.2, 0) is 14.2 Å². The second-order valence-corrected chi connectivity index (χ2v) is 6.24. The van der Waals surface area contributed by atoms with Crippen LogP contribution < -0.4 is 5.32 Å². The monoisotopic (exact) mass is 337 g/mol. The fraction of sp³-hybridized carbons (Fsp3) is 0.632. The normalized spacial score (nSPS) is 13.6. The number of rotatable bonds is 10. The second kappa shape index (κ2) is 11.0. The Morgan fingerprint density at radius 2 is 1.96 bits per heavy atom. The highest BCUT2D eigenvalue weighted by Gasteiger charge is 2.28. The molecule has 1 rings (SSSR count). The lowest BCUT2D eigenvalue weighted by molar-refractivity contribution is -0.118. The van der Waals surface area contributed by atoms with E-state index >= 15 is 0 Å². The highest BCUT2D eigenvalue weighted by molar-refractivity contribution is 5.67. The number of carbonyl (C=O) groups excluding carboxylic acids is 1. The third-order valence-corrected chi connectivity index (χ3v) is 3.71. The number of hydrogen-bond acceptors (Lipinski definition) is 4. The summed E-state index contributed by atoms with van der Waals surface area (Å²) in [7, 11) is 1.59. The lowest BCUT2D eigenvalue weighted by Crippen LogP contribution is -2.36. The van der Waals surface area contributed by atoms with Crippen LogP contribution in [0.15, 0.2) is 24.3 Å². The molecule has 0 heterocycles. The average molecular weight is 337 g/mol. The predicted molar refractivity (Wildman–Crippen MR) is 94.9 cm³/mol. The summed E-state index contributed by atoms with van der Waals surface area (Å²) >= 11 is 0. The molecule has 2 atom stereocenters. The van der Waals surface area contributed by atoms with Crippen LogP contribution in [0.4, 0.5) is 4.79 Å². The van der Waals surface area contributed by atoms with Crippen LogP contribution in [0.2, 0.25) is 0 Å². The molecule has 1 amide bonds. The second-order valence-electron chi connectivity index (χ2n) is 6.24. The van der Waals surface area contributed by atoms with Gasteiger partial charge in [0.2, 0.25) is 0 Å². The molecule has 1 aromatic carbocycles. The smallest absolute Gasteiger partial charge is 0.407 e. The summed E-state index contributed by atoms with van der Waals surface area (Å²) < 4.78 is 16.7. The van der Waals surface area contributed by atoms with Gasteiger partial charge in [0.15, 0.2) is 0 Å². The van der Waals surface area contributed by atoms with Gasteiger partial charge >= 0.3 is 6.09 Å². The Morgan fingerprint density at radius 1 is 1.25 bits per heavy atom. The molecule has 0 saturated carbocycles. The first-order valence-electron chi connectivity index (χ1n) is 8.62. The minimum absolute atomic E-state index is 0.0288. The zero-order chi connectivity index (χ0) is 17.9. The van der Waals surface area contributed by atoms with Crippen molar-refractivity contribution in [3.63, 3.8) is 0 Å². The number of carbonyl (C=O) groups is 1. The minimum Gasteiger partial charge on any atom is -0.443 e. The Kier molecular flexibility index (Phi) is 9.42. The molecule has 0 spiro atoms. The van der Waals surface area contributed by atoms with Gasteiger partial charge in [-0.25, -0.2) is 4.79 Å². The number of methoxy groups -OCH3 is 1. The number of alkyl carbamates (subject to hydrolysis) is 1. The lowest BCUT2D eigenvalue weighted by Gasteiger charge is -2.29.